The molecule has 1 aliphatic rings. The third-order valence-electron chi connectivity index (χ3n) is 5.74. The van der Waals surface area contributed by atoms with Crippen LogP contribution in [0.5, 0.6) is 5.75 Å². The summed E-state index contributed by atoms with van der Waals surface area (Å²) in [6.07, 6.45) is 0.900. The number of nitrogens with zero attached hydrogens (tertiary/aromatic N) is 1. The van der Waals surface area contributed by atoms with E-state index < -0.39 is 0 Å². The number of ether oxygens (including phenoxy) is 2. The van der Waals surface area contributed by atoms with Gasteiger partial charge in [0.05, 0.1) is 19.3 Å². The molecule has 1 aliphatic carbocycles. The molecular weight excluding hydrogens is 324 g/mol. The van der Waals surface area contributed by atoms with Crippen LogP contribution in [0.3, 0.4) is 0 Å². The Morgan fingerprint density at radius 3 is 2.62 bits per heavy atom. The predicted molar refractivity (Wildman–Crippen MR) is 106 cm³/mol. The molecule has 2 aromatic heterocycles. The zero-order chi connectivity index (χ0) is 18.6. The number of H-pyrrole nitrogens is 1. The van der Waals surface area contributed by atoms with E-state index in [1.165, 1.54) is 33.4 Å². The van der Waals surface area contributed by atoms with E-state index in [0.717, 1.165) is 23.4 Å². The number of hydrogen-bond donors (Lipinski definition) is 1. The fourth-order valence-corrected chi connectivity index (χ4v) is 4.44. The molecule has 136 valence electrons. The lowest BCUT2D eigenvalue weighted by Gasteiger charge is -2.32. The number of aryl methyl sites for hydroxylation is 3. The Bertz CT molecular complexity index is 1010. The summed E-state index contributed by atoms with van der Waals surface area (Å²) in [5, 5.41) is 1.24. The summed E-state index contributed by atoms with van der Waals surface area (Å²) in [6, 6.07) is 8.86. The number of fused-ring (bicyclic) bond motifs is 2. The summed E-state index contributed by atoms with van der Waals surface area (Å²) in [7, 11) is 3.50. The van der Waals surface area contributed by atoms with E-state index in [-0.39, 0.29) is 12.1 Å². The minimum absolute atomic E-state index is 0.0268. The molecule has 2 heterocycles. The molecule has 2 atom stereocenters. The largest absolute Gasteiger partial charge is 0.496 e. The fourth-order valence-electron chi connectivity index (χ4n) is 4.44. The molecule has 0 radical (unpaired) electrons. The molecule has 3 aromatic rings. The van der Waals surface area contributed by atoms with Gasteiger partial charge in [0, 0.05) is 52.6 Å². The molecule has 0 saturated carbocycles. The van der Waals surface area contributed by atoms with Crippen LogP contribution in [-0.4, -0.2) is 29.9 Å². The molecule has 0 aliphatic heterocycles. The lowest BCUT2D eigenvalue weighted by molar-refractivity contribution is 0.127. The third kappa shape index (κ3) is 2.32. The van der Waals surface area contributed by atoms with Gasteiger partial charge < -0.3 is 19.0 Å². The second kappa shape index (κ2) is 6.06. The van der Waals surface area contributed by atoms with Crippen molar-refractivity contribution in [2.24, 2.45) is 0 Å². The number of aromatic amines is 1. The molecule has 0 spiro atoms. The second-order valence-corrected chi connectivity index (χ2v) is 7.26. The maximum Gasteiger partial charge on any atom is 0.122 e. The van der Waals surface area contributed by atoms with Crippen molar-refractivity contribution in [2.45, 2.75) is 39.3 Å². The lowest BCUT2D eigenvalue weighted by Crippen LogP contribution is -2.27. The predicted octanol–water partition coefficient (Wildman–Crippen LogP) is 4.92. The SMILES string of the molecule is C=C1c2cc(C)[nH]c2C(n2c(C)cc3c(C)c(OC)ccc32)CC1OC. The van der Waals surface area contributed by atoms with Crippen molar-refractivity contribution < 1.29 is 9.47 Å². The zero-order valence-corrected chi connectivity index (χ0v) is 16.1. The maximum atomic E-state index is 5.76. The van der Waals surface area contributed by atoms with Crippen molar-refractivity contribution >= 4 is 16.5 Å². The van der Waals surface area contributed by atoms with Gasteiger partial charge in [0.15, 0.2) is 0 Å². The first-order chi connectivity index (χ1) is 12.5. The van der Waals surface area contributed by atoms with E-state index in [1.807, 2.05) is 0 Å². The molecule has 0 fully saturated rings. The summed E-state index contributed by atoms with van der Waals surface area (Å²) in [5.41, 5.74) is 8.29. The number of nitrogens with one attached hydrogen (secondary N) is 1. The maximum absolute atomic E-state index is 5.76. The molecule has 0 saturated heterocycles. The van der Waals surface area contributed by atoms with Crippen LogP contribution in [0.25, 0.3) is 16.5 Å². The van der Waals surface area contributed by atoms with Crippen molar-refractivity contribution in [3.63, 3.8) is 0 Å². The van der Waals surface area contributed by atoms with E-state index >= 15 is 0 Å². The van der Waals surface area contributed by atoms with Crippen LogP contribution in [0.2, 0.25) is 0 Å². The average molecular weight is 350 g/mol. The molecule has 4 heteroatoms. The number of hydrogen-bond acceptors (Lipinski definition) is 2. The Morgan fingerprint density at radius 1 is 1.15 bits per heavy atom. The van der Waals surface area contributed by atoms with Crippen molar-refractivity contribution in [1.29, 1.82) is 0 Å². The third-order valence-corrected chi connectivity index (χ3v) is 5.74. The van der Waals surface area contributed by atoms with Gasteiger partial charge in [0.1, 0.15) is 5.75 Å². The van der Waals surface area contributed by atoms with E-state index in [4.69, 9.17) is 9.47 Å². The first-order valence-electron chi connectivity index (χ1n) is 9.02. The van der Waals surface area contributed by atoms with Gasteiger partial charge in [-0.1, -0.05) is 6.58 Å². The highest BCUT2D eigenvalue weighted by Crippen LogP contribution is 2.42. The standard InChI is InChI=1S/C22H26N2O2/c1-12-9-17-15(4)21(26-6)11-19(22(17)23-12)24-13(2)10-16-14(3)20(25-5)8-7-18(16)24/h7-10,19,21,23H,4,11H2,1-3,5-6H3. The summed E-state index contributed by atoms with van der Waals surface area (Å²) < 4.78 is 13.7. The van der Waals surface area contributed by atoms with Crippen LogP contribution in [0.15, 0.2) is 30.8 Å². The first kappa shape index (κ1) is 17.0. The number of methoxy groups -OCH3 is 2. The van der Waals surface area contributed by atoms with Gasteiger partial charge in [-0.05, 0) is 50.6 Å². The summed E-state index contributed by atoms with van der Waals surface area (Å²) >= 11 is 0. The van der Waals surface area contributed by atoms with Crippen LogP contribution in [0.1, 0.15) is 40.7 Å². The van der Waals surface area contributed by atoms with Crippen LogP contribution >= 0.6 is 0 Å². The highest BCUT2D eigenvalue weighted by molar-refractivity contribution is 5.87. The van der Waals surface area contributed by atoms with Crippen molar-refractivity contribution in [2.75, 3.05) is 14.2 Å². The fraction of sp³-hybridized carbons (Fsp3) is 0.364. The molecule has 4 rings (SSSR count). The Morgan fingerprint density at radius 2 is 1.92 bits per heavy atom. The molecule has 1 aromatic carbocycles. The quantitative estimate of drug-likeness (QED) is 0.728. The monoisotopic (exact) mass is 350 g/mol. The minimum Gasteiger partial charge on any atom is -0.496 e. The molecule has 26 heavy (non-hydrogen) atoms. The average Bonchev–Trinajstić information content (AvgIpc) is 3.17. The zero-order valence-electron chi connectivity index (χ0n) is 16.1. The molecule has 0 amide bonds. The lowest BCUT2D eigenvalue weighted by atomic mass is 9.87. The summed E-state index contributed by atoms with van der Waals surface area (Å²) in [5.74, 6) is 0.929. The first-order valence-corrected chi connectivity index (χ1v) is 9.02. The summed E-state index contributed by atoms with van der Waals surface area (Å²) in [4.78, 5) is 3.58. The highest BCUT2D eigenvalue weighted by atomic mass is 16.5. The van der Waals surface area contributed by atoms with E-state index in [9.17, 15) is 0 Å². The minimum atomic E-state index is 0.0268. The Labute approximate surface area is 154 Å². The van der Waals surface area contributed by atoms with Gasteiger partial charge >= 0.3 is 0 Å². The number of benzene rings is 1. The van der Waals surface area contributed by atoms with Gasteiger partial charge in [-0.15, -0.1) is 0 Å². The van der Waals surface area contributed by atoms with Gasteiger partial charge in [0.25, 0.3) is 0 Å². The molecule has 4 nitrogen and oxygen atoms in total. The van der Waals surface area contributed by atoms with Crippen molar-refractivity contribution in [3.8, 4) is 5.75 Å². The topological polar surface area (TPSA) is 39.2 Å². The summed E-state index contributed by atoms with van der Waals surface area (Å²) in [6.45, 7) is 10.7. The van der Waals surface area contributed by atoms with Gasteiger partial charge in [-0.2, -0.15) is 0 Å². The number of rotatable bonds is 3. The van der Waals surface area contributed by atoms with Crippen LogP contribution in [-0.2, 0) is 4.74 Å². The molecule has 2 unspecified atom stereocenters. The Balaban J connectivity index is 1.95. The molecular formula is C22H26N2O2. The van der Waals surface area contributed by atoms with Crippen LogP contribution in [0.4, 0.5) is 0 Å². The molecule has 0 bridgehead atoms. The Hall–Kier alpha value is -2.46. The smallest absolute Gasteiger partial charge is 0.122 e. The Kier molecular flexibility index (Phi) is 3.96. The normalized spacial score (nSPS) is 19.8. The highest BCUT2D eigenvalue weighted by Gasteiger charge is 2.33. The van der Waals surface area contributed by atoms with Crippen LogP contribution < -0.4 is 4.74 Å². The van der Waals surface area contributed by atoms with Crippen molar-refractivity contribution in [3.05, 3.63) is 59.1 Å². The number of aromatic nitrogens is 2. The van der Waals surface area contributed by atoms with Crippen LogP contribution in [0, 0.1) is 20.8 Å². The van der Waals surface area contributed by atoms with Gasteiger partial charge in [-0.3, -0.25) is 0 Å². The van der Waals surface area contributed by atoms with E-state index in [2.05, 4.69) is 61.2 Å². The second-order valence-electron chi connectivity index (χ2n) is 7.26. The van der Waals surface area contributed by atoms with Gasteiger partial charge in [-0.25, -0.2) is 0 Å². The van der Waals surface area contributed by atoms with E-state index in [1.54, 1.807) is 14.2 Å². The van der Waals surface area contributed by atoms with E-state index in [0.29, 0.717) is 0 Å². The van der Waals surface area contributed by atoms with Gasteiger partial charge in [0.2, 0.25) is 0 Å². The molecule has 1 N–H and O–H groups in total. The van der Waals surface area contributed by atoms with Crippen molar-refractivity contribution in [1.82, 2.24) is 9.55 Å².